The van der Waals surface area contributed by atoms with Gasteiger partial charge in [-0.05, 0) is 6.07 Å². The zero-order chi connectivity index (χ0) is 11.9. The molecule has 1 aromatic carbocycles. The Bertz CT molecular complexity index is 466. The fourth-order valence-corrected chi connectivity index (χ4v) is 2.59. The Balaban J connectivity index is 2.07. The van der Waals surface area contributed by atoms with Crippen molar-refractivity contribution in [3.8, 4) is 0 Å². The molecule has 0 bridgehead atoms. The maximum absolute atomic E-state index is 13.5. The molecule has 0 saturated carbocycles. The van der Waals surface area contributed by atoms with Crippen LogP contribution in [0.1, 0.15) is 18.4 Å². The van der Waals surface area contributed by atoms with E-state index in [1.807, 2.05) is 24.3 Å². The normalized spacial score (nSPS) is 31.6. The fourth-order valence-electron chi connectivity index (χ4n) is 2.59. The summed E-state index contributed by atoms with van der Waals surface area (Å²) in [5.41, 5.74) is 0.769. The van der Waals surface area contributed by atoms with Gasteiger partial charge in [-0.15, -0.1) is 0 Å². The van der Waals surface area contributed by atoms with E-state index in [2.05, 4.69) is 10.6 Å². The van der Waals surface area contributed by atoms with Gasteiger partial charge in [0, 0.05) is 24.9 Å². The van der Waals surface area contributed by atoms with Crippen LogP contribution in [0.4, 0.5) is 14.9 Å². The average Bonchev–Trinajstić information content (AvgIpc) is 2.28. The van der Waals surface area contributed by atoms with Crippen molar-refractivity contribution in [1.29, 1.82) is 0 Å². The minimum atomic E-state index is -1.14. The van der Waals surface area contributed by atoms with Crippen molar-refractivity contribution in [3.63, 3.8) is 0 Å². The number of para-hydroxylation sites is 1. The van der Waals surface area contributed by atoms with Gasteiger partial charge in [-0.3, -0.25) is 10.6 Å². The molecule has 2 aliphatic rings. The van der Waals surface area contributed by atoms with Crippen LogP contribution >= 0.6 is 0 Å². The topological polar surface area (TPSA) is 50.4 Å². The number of fused-ring (bicyclic) bond motifs is 2. The highest BCUT2D eigenvalue weighted by Crippen LogP contribution is 2.43. The predicted octanol–water partition coefficient (Wildman–Crippen LogP) is 2.12. The number of hydrogen-bond donors (Lipinski definition) is 2. The van der Waals surface area contributed by atoms with Crippen molar-refractivity contribution >= 4 is 11.8 Å². The summed E-state index contributed by atoms with van der Waals surface area (Å²) in [6.07, 6.45) is -0.879. The first-order valence-electron chi connectivity index (χ1n) is 5.67. The molecule has 1 fully saturated rings. The SMILES string of the molecule is O=C1Nc2ccccc2C2(CCNC(F)C2)O1. The second kappa shape index (κ2) is 3.70. The fraction of sp³-hybridized carbons (Fsp3) is 0.417. The van der Waals surface area contributed by atoms with Crippen LogP contribution < -0.4 is 10.6 Å². The molecule has 2 heterocycles. The summed E-state index contributed by atoms with van der Waals surface area (Å²) in [5.74, 6) is 0. The highest BCUT2D eigenvalue weighted by atomic mass is 19.1. The maximum Gasteiger partial charge on any atom is 0.412 e. The molecule has 2 atom stereocenters. The van der Waals surface area contributed by atoms with Crippen molar-refractivity contribution in [2.75, 3.05) is 11.9 Å². The van der Waals surface area contributed by atoms with Gasteiger partial charge in [0.05, 0.1) is 5.69 Å². The first kappa shape index (κ1) is 10.5. The molecule has 5 heteroatoms. The summed E-state index contributed by atoms with van der Waals surface area (Å²) >= 11 is 0. The van der Waals surface area contributed by atoms with Crippen LogP contribution in [0.15, 0.2) is 24.3 Å². The van der Waals surface area contributed by atoms with E-state index >= 15 is 0 Å². The number of piperidine rings is 1. The zero-order valence-electron chi connectivity index (χ0n) is 9.20. The van der Waals surface area contributed by atoms with Crippen molar-refractivity contribution in [1.82, 2.24) is 5.32 Å². The van der Waals surface area contributed by atoms with Crippen molar-refractivity contribution in [2.45, 2.75) is 24.7 Å². The Morgan fingerprint density at radius 1 is 1.41 bits per heavy atom. The minimum Gasteiger partial charge on any atom is -0.437 e. The Morgan fingerprint density at radius 2 is 2.24 bits per heavy atom. The molecular weight excluding hydrogens is 223 g/mol. The summed E-state index contributed by atoms with van der Waals surface area (Å²) in [4.78, 5) is 11.5. The molecule has 90 valence electrons. The maximum atomic E-state index is 13.5. The molecule has 0 aromatic heterocycles. The molecule has 1 amide bonds. The van der Waals surface area contributed by atoms with Gasteiger partial charge in [0.1, 0.15) is 5.60 Å². The first-order valence-corrected chi connectivity index (χ1v) is 5.67. The third-order valence-electron chi connectivity index (χ3n) is 3.35. The van der Waals surface area contributed by atoms with Crippen molar-refractivity contribution < 1.29 is 13.9 Å². The Hall–Kier alpha value is -1.62. The van der Waals surface area contributed by atoms with Gasteiger partial charge in [-0.1, -0.05) is 18.2 Å². The number of anilines is 1. The number of hydrogen-bond acceptors (Lipinski definition) is 3. The number of carbonyl (C=O) groups excluding carboxylic acids is 1. The van der Waals surface area contributed by atoms with Gasteiger partial charge in [-0.2, -0.15) is 0 Å². The van der Waals surface area contributed by atoms with Crippen molar-refractivity contribution in [2.24, 2.45) is 0 Å². The van der Waals surface area contributed by atoms with Gasteiger partial charge < -0.3 is 4.74 Å². The van der Waals surface area contributed by atoms with Gasteiger partial charge in [0.15, 0.2) is 6.30 Å². The summed E-state index contributed by atoms with van der Waals surface area (Å²) in [7, 11) is 0. The number of alkyl halides is 1. The lowest BCUT2D eigenvalue weighted by atomic mass is 9.82. The van der Waals surface area contributed by atoms with E-state index in [1.165, 1.54) is 0 Å². The minimum absolute atomic E-state index is 0.164. The standard InChI is InChI=1S/C12H13FN2O2/c13-10-7-12(5-6-14-10)8-3-1-2-4-9(8)15-11(16)17-12/h1-4,10,14H,5-7H2,(H,15,16). The molecule has 1 aromatic rings. The highest BCUT2D eigenvalue weighted by Gasteiger charge is 2.45. The van der Waals surface area contributed by atoms with Crippen LogP contribution in [-0.2, 0) is 10.3 Å². The number of ether oxygens (including phenoxy) is 1. The predicted molar refractivity (Wildman–Crippen MR) is 60.4 cm³/mol. The quantitative estimate of drug-likeness (QED) is 0.678. The molecule has 4 nitrogen and oxygen atoms in total. The summed E-state index contributed by atoms with van der Waals surface area (Å²) < 4.78 is 18.9. The molecule has 1 saturated heterocycles. The number of rotatable bonds is 0. The molecule has 0 aliphatic carbocycles. The molecule has 2 N–H and O–H groups in total. The summed E-state index contributed by atoms with van der Waals surface area (Å²) in [6.45, 7) is 0.503. The molecule has 0 radical (unpaired) electrons. The largest absolute Gasteiger partial charge is 0.437 e. The van der Waals surface area contributed by atoms with Gasteiger partial charge in [0.25, 0.3) is 0 Å². The number of amides is 1. The summed E-state index contributed by atoms with van der Waals surface area (Å²) in [6, 6.07) is 7.41. The van der Waals surface area contributed by atoms with Gasteiger partial charge >= 0.3 is 6.09 Å². The van der Waals surface area contributed by atoms with Crippen LogP contribution in [0.3, 0.4) is 0 Å². The van der Waals surface area contributed by atoms with Crippen LogP contribution in [0, 0.1) is 0 Å². The number of halogens is 1. The Morgan fingerprint density at radius 3 is 3.06 bits per heavy atom. The highest BCUT2D eigenvalue weighted by molar-refractivity contribution is 5.88. The molecule has 3 rings (SSSR count). The van der Waals surface area contributed by atoms with E-state index in [0.717, 1.165) is 11.3 Å². The number of carbonyl (C=O) groups is 1. The van der Waals surface area contributed by atoms with Gasteiger partial charge in [0.2, 0.25) is 0 Å². The second-order valence-electron chi connectivity index (χ2n) is 4.43. The average molecular weight is 236 g/mol. The van der Waals surface area contributed by atoms with Crippen LogP contribution in [-0.4, -0.2) is 18.9 Å². The third kappa shape index (κ3) is 1.67. The molecule has 2 aliphatic heterocycles. The second-order valence-corrected chi connectivity index (χ2v) is 4.43. The number of nitrogens with one attached hydrogen (secondary N) is 2. The molecule has 1 spiro atoms. The Labute approximate surface area is 98.1 Å². The Kier molecular flexibility index (Phi) is 2.29. The first-order chi connectivity index (χ1) is 8.20. The number of benzene rings is 1. The molecule has 17 heavy (non-hydrogen) atoms. The van der Waals surface area contributed by atoms with E-state index in [9.17, 15) is 9.18 Å². The lowest BCUT2D eigenvalue weighted by Crippen LogP contribution is -2.49. The monoisotopic (exact) mass is 236 g/mol. The molecular formula is C12H13FN2O2. The van der Waals surface area contributed by atoms with Crippen LogP contribution in [0.25, 0.3) is 0 Å². The van der Waals surface area contributed by atoms with E-state index < -0.39 is 18.0 Å². The van der Waals surface area contributed by atoms with E-state index in [1.54, 1.807) is 0 Å². The van der Waals surface area contributed by atoms with E-state index in [-0.39, 0.29) is 6.42 Å². The van der Waals surface area contributed by atoms with E-state index in [0.29, 0.717) is 13.0 Å². The van der Waals surface area contributed by atoms with Crippen molar-refractivity contribution in [3.05, 3.63) is 29.8 Å². The lowest BCUT2D eigenvalue weighted by Gasteiger charge is -2.42. The van der Waals surface area contributed by atoms with Crippen LogP contribution in [0.2, 0.25) is 0 Å². The van der Waals surface area contributed by atoms with Crippen LogP contribution in [0.5, 0.6) is 0 Å². The van der Waals surface area contributed by atoms with Gasteiger partial charge in [-0.25, -0.2) is 9.18 Å². The summed E-state index contributed by atoms with van der Waals surface area (Å²) in [5, 5.41) is 5.36. The zero-order valence-corrected chi connectivity index (χ0v) is 9.20. The van der Waals surface area contributed by atoms with E-state index in [4.69, 9.17) is 4.74 Å². The molecule has 2 unspecified atom stereocenters. The lowest BCUT2D eigenvalue weighted by molar-refractivity contribution is -0.0428. The smallest absolute Gasteiger partial charge is 0.412 e. The third-order valence-corrected chi connectivity index (χ3v) is 3.35.